The fourth-order valence-electron chi connectivity index (χ4n) is 3.30. The minimum absolute atomic E-state index is 0.227. The van der Waals surface area contributed by atoms with Crippen LogP contribution in [-0.2, 0) is 0 Å². The van der Waals surface area contributed by atoms with Crippen LogP contribution in [0.5, 0.6) is 11.5 Å². The van der Waals surface area contributed by atoms with Gasteiger partial charge < -0.3 is 26.3 Å². The Morgan fingerprint density at radius 3 is 2.25 bits per heavy atom. The van der Waals surface area contributed by atoms with Crippen molar-refractivity contribution >= 4 is 29.6 Å². The van der Waals surface area contributed by atoms with E-state index in [-0.39, 0.29) is 11.1 Å². The van der Waals surface area contributed by atoms with Crippen molar-refractivity contribution in [3.05, 3.63) is 83.6 Å². The average Bonchev–Trinajstić information content (AvgIpc) is 3.35. The summed E-state index contributed by atoms with van der Waals surface area (Å²) in [5, 5.41) is 49.8. The largest absolute Gasteiger partial charge is 0.507 e. The second-order valence-corrected chi connectivity index (χ2v) is 7.41. The van der Waals surface area contributed by atoms with Gasteiger partial charge >= 0.3 is 11.9 Å². The Kier molecular flexibility index (Phi) is 6.41. The molecule has 4 rings (SSSR count). The van der Waals surface area contributed by atoms with Crippen LogP contribution < -0.4 is 5.84 Å². The van der Waals surface area contributed by atoms with Crippen molar-refractivity contribution < 1.29 is 30.0 Å². The first-order valence-corrected chi connectivity index (χ1v) is 10.2. The molecule has 0 amide bonds. The van der Waals surface area contributed by atoms with Crippen molar-refractivity contribution in [2.45, 2.75) is 0 Å². The van der Waals surface area contributed by atoms with E-state index in [4.69, 9.17) is 16.1 Å². The molecule has 0 saturated heterocycles. The monoisotopic (exact) mass is 486 g/mol. The lowest BCUT2D eigenvalue weighted by Crippen LogP contribution is -2.06. The number of aromatic nitrogens is 3. The first kappa shape index (κ1) is 23.6. The van der Waals surface area contributed by atoms with Gasteiger partial charge in [-0.25, -0.2) is 14.3 Å². The highest BCUT2D eigenvalue weighted by Gasteiger charge is 2.13. The SMILES string of the molecule is NN=C(C=Nc1ccc(C(=O)O)c(O)c1)c1cccc(-c2cn(-c3ccc(C(=O)O)c(O)c3)nn2)c1. The van der Waals surface area contributed by atoms with Gasteiger partial charge in [0.25, 0.3) is 0 Å². The predicted octanol–water partition coefficient (Wildman–Crippen LogP) is 2.81. The van der Waals surface area contributed by atoms with Crippen LogP contribution in [0.25, 0.3) is 16.9 Å². The molecule has 0 unspecified atom stereocenters. The predicted molar refractivity (Wildman–Crippen MR) is 129 cm³/mol. The molecule has 0 atom stereocenters. The summed E-state index contributed by atoms with van der Waals surface area (Å²) in [5.74, 6) is 2.24. The van der Waals surface area contributed by atoms with E-state index < -0.39 is 23.4 Å². The molecule has 0 radical (unpaired) electrons. The lowest BCUT2D eigenvalue weighted by atomic mass is 10.1. The van der Waals surface area contributed by atoms with Crippen molar-refractivity contribution in [3.63, 3.8) is 0 Å². The molecule has 0 fully saturated rings. The van der Waals surface area contributed by atoms with Crippen LogP contribution in [0.2, 0.25) is 0 Å². The maximum atomic E-state index is 11.1. The number of phenols is 2. The van der Waals surface area contributed by atoms with Crippen LogP contribution in [0.4, 0.5) is 5.69 Å². The van der Waals surface area contributed by atoms with Crippen molar-refractivity contribution in [3.8, 4) is 28.4 Å². The number of nitrogens with zero attached hydrogens (tertiary/aromatic N) is 5. The van der Waals surface area contributed by atoms with E-state index >= 15 is 0 Å². The maximum absolute atomic E-state index is 11.1. The summed E-state index contributed by atoms with van der Waals surface area (Å²) in [6.45, 7) is 0. The number of aromatic carboxylic acids is 2. The first-order valence-electron chi connectivity index (χ1n) is 10.2. The number of carboxylic acids is 2. The molecule has 0 saturated carbocycles. The molecule has 0 aliphatic rings. The Morgan fingerprint density at radius 2 is 1.61 bits per heavy atom. The van der Waals surface area contributed by atoms with E-state index in [2.05, 4.69) is 20.4 Å². The summed E-state index contributed by atoms with van der Waals surface area (Å²) in [6.07, 6.45) is 2.98. The Bertz CT molecular complexity index is 1540. The first-order chi connectivity index (χ1) is 17.3. The van der Waals surface area contributed by atoms with Gasteiger partial charge in [0, 0.05) is 23.3 Å². The van der Waals surface area contributed by atoms with Gasteiger partial charge in [-0.15, -0.1) is 5.10 Å². The molecule has 3 aromatic carbocycles. The number of hydrogen-bond donors (Lipinski definition) is 5. The van der Waals surface area contributed by atoms with Crippen LogP contribution >= 0.6 is 0 Å². The standard InChI is InChI=1S/C24H18N6O6/c25-27-19(11-26-15-4-6-17(23(33)34)21(31)9-15)13-2-1-3-14(8-13)20-12-30(29-28-20)16-5-7-18(24(35)36)22(32)10-16/h1-12,31-32H,25H2,(H,33,34)(H,35,36). The van der Waals surface area contributed by atoms with Crippen molar-refractivity contribution in [2.24, 2.45) is 15.9 Å². The lowest BCUT2D eigenvalue weighted by molar-refractivity contribution is 0.0682. The lowest BCUT2D eigenvalue weighted by Gasteiger charge is -2.04. The molecule has 180 valence electrons. The second-order valence-electron chi connectivity index (χ2n) is 7.41. The Hall–Kier alpha value is -5.52. The van der Waals surface area contributed by atoms with Gasteiger partial charge in [-0.2, -0.15) is 5.10 Å². The average molecular weight is 486 g/mol. The number of carbonyl (C=O) groups is 2. The van der Waals surface area contributed by atoms with Gasteiger partial charge in [0.2, 0.25) is 0 Å². The zero-order valence-corrected chi connectivity index (χ0v) is 18.3. The zero-order chi connectivity index (χ0) is 25.8. The van der Waals surface area contributed by atoms with Gasteiger partial charge in [0.15, 0.2) is 0 Å². The smallest absolute Gasteiger partial charge is 0.339 e. The van der Waals surface area contributed by atoms with Gasteiger partial charge in [0.05, 0.1) is 23.8 Å². The molecular formula is C24H18N6O6. The molecule has 0 aliphatic carbocycles. The molecule has 12 heteroatoms. The number of rotatable bonds is 7. The number of aliphatic imine (C=N–C) groups is 1. The molecule has 1 heterocycles. The van der Waals surface area contributed by atoms with E-state index in [1.54, 1.807) is 30.5 Å². The van der Waals surface area contributed by atoms with Gasteiger partial charge in [-0.1, -0.05) is 23.4 Å². The highest BCUT2D eigenvalue weighted by molar-refractivity contribution is 6.38. The Morgan fingerprint density at radius 1 is 0.917 bits per heavy atom. The summed E-state index contributed by atoms with van der Waals surface area (Å²) < 4.78 is 1.39. The fraction of sp³-hybridized carbons (Fsp3) is 0. The van der Waals surface area contributed by atoms with Crippen LogP contribution in [0.3, 0.4) is 0 Å². The van der Waals surface area contributed by atoms with Gasteiger partial charge in [-0.05, 0) is 30.3 Å². The normalized spacial score (nSPS) is 11.6. The minimum Gasteiger partial charge on any atom is -0.507 e. The van der Waals surface area contributed by atoms with Crippen LogP contribution in [0.1, 0.15) is 26.3 Å². The summed E-state index contributed by atoms with van der Waals surface area (Å²) in [5.41, 5.74) is 2.31. The van der Waals surface area contributed by atoms with E-state index in [0.717, 1.165) is 0 Å². The van der Waals surface area contributed by atoms with E-state index in [9.17, 15) is 19.8 Å². The summed E-state index contributed by atoms with van der Waals surface area (Å²) >= 11 is 0. The minimum atomic E-state index is -1.25. The van der Waals surface area contributed by atoms with Crippen molar-refractivity contribution in [1.82, 2.24) is 15.0 Å². The number of carboxylic acid groups (broad SMARTS) is 2. The number of hydrazone groups is 1. The van der Waals surface area contributed by atoms with Crippen LogP contribution in [0.15, 0.2) is 77.0 Å². The van der Waals surface area contributed by atoms with Gasteiger partial charge in [0.1, 0.15) is 34.0 Å². The zero-order valence-electron chi connectivity index (χ0n) is 18.3. The van der Waals surface area contributed by atoms with Crippen molar-refractivity contribution in [1.29, 1.82) is 0 Å². The van der Waals surface area contributed by atoms with Gasteiger partial charge in [-0.3, -0.25) is 4.99 Å². The highest BCUT2D eigenvalue weighted by atomic mass is 16.4. The molecule has 0 spiro atoms. The molecule has 12 nitrogen and oxygen atoms in total. The fourth-order valence-corrected chi connectivity index (χ4v) is 3.30. The van der Waals surface area contributed by atoms with Crippen LogP contribution in [-0.4, -0.2) is 59.3 Å². The molecule has 4 aromatic rings. The van der Waals surface area contributed by atoms with Crippen LogP contribution in [0, 0.1) is 0 Å². The second kappa shape index (κ2) is 9.77. The molecular weight excluding hydrogens is 468 g/mol. The third kappa shape index (κ3) is 4.87. The van der Waals surface area contributed by atoms with E-state index in [1.165, 1.54) is 47.3 Å². The number of aromatic hydroxyl groups is 2. The summed E-state index contributed by atoms with van der Waals surface area (Å²) in [7, 11) is 0. The molecule has 0 aliphatic heterocycles. The molecule has 6 N–H and O–H groups in total. The van der Waals surface area contributed by atoms with E-state index in [1.807, 2.05) is 0 Å². The quantitative estimate of drug-likeness (QED) is 0.148. The molecule has 1 aromatic heterocycles. The maximum Gasteiger partial charge on any atom is 0.339 e. The molecule has 0 bridgehead atoms. The Balaban J connectivity index is 1.58. The summed E-state index contributed by atoms with van der Waals surface area (Å²) in [6, 6.07) is 15.0. The number of hydrogen-bond acceptors (Lipinski definition) is 9. The van der Waals surface area contributed by atoms with Crippen molar-refractivity contribution in [2.75, 3.05) is 0 Å². The number of benzene rings is 3. The third-order valence-electron chi connectivity index (χ3n) is 5.11. The number of nitrogens with two attached hydrogens (primary N) is 1. The summed E-state index contributed by atoms with van der Waals surface area (Å²) in [4.78, 5) is 26.3. The Labute approximate surface area is 202 Å². The highest BCUT2D eigenvalue weighted by Crippen LogP contribution is 2.25. The van der Waals surface area contributed by atoms with E-state index in [0.29, 0.717) is 33.9 Å². The topological polar surface area (TPSA) is 197 Å². The third-order valence-corrected chi connectivity index (χ3v) is 5.11. The molecule has 36 heavy (non-hydrogen) atoms.